The Hall–Kier alpha value is -0.300. The average Bonchev–Trinajstić information content (AvgIpc) is 2.45. The van der Waals surface area contributed by atoms with Crippen molar-refractivity contribution in [3.63, 3.8) is 0 Å². The fourth-order valence-corrected chi connectivity index (χ4v) is 2.25. The van der Waals surface area contributed by atoms with Crippen molar-refractivity contribution in [2.75, 3.05) is 6.54 Å². The molecule has 88 valence electrons. The molecule has 0 atom stereocenters. The highest BCUT2D eigenvalue weighted by Crippen LogP contribution is 2.23. The van der Waals surface area contributed by atoms with Gasteiger partial charge in [0, 0.05) is 6.04 Å². The van der Waals surface area contributed by atoms with Gasteiger partial charge in [-0.3, -0.25) is 0 Å². The monoisotopic (exact) mass is 209 g/mol. The quantitative estimate of drug-likeness (QED) is 0.411. The van der Waals surface area contributed by atoms with Crippen LogP contribution in [0.5, 0.6) is 0 Å². The summed E-state index contributed by atoms with van der Waals surface area (Å²) < 4.78 is 0. The van der Waals surface area contributed by atoms with E-state index in [1.807, 2.05) is 0 Å². The van der Waals surface area contributed by atoms with E-state index in [1.165, 1.54) is 44.9 Å². The fourth-order valence-electron chi connectivity index (χ4n) is 2.25. The van der Waals surface area contributed by atoms with Gasteiger partial charge in [0.25, 0.3) is 0 Å². The number of hydrogen-bond acceptors (Lipinski definition) is 1. The van der Waals surface area contributed by atoms with Crippen LogP contribution in [0.4, 0.5) is 0 Å². The summed E-state index contributed by atoms with van der Waals surface area (Å²) >= 11 is 0. The maximum absolute atomic E-state index is 3.44. The molecule has 1 aliphatic carbocycles. The molecule has 1 aliphatic rings. The minimum atomic E-state index is 0.622. The van der Waals surface area contributed by atoms with E-state index in [-0.39, 0.29) is 0 Å². The first-order valence-corrected chi connectivity index (χ1v) is 6.69. The zero-order chi connectivity index (χ0) is 10.9. The molecular weight excluding hydrogens is 182 g/mol. The molecule has 0 aromatic carbocycles. The molecule has 0 bridgehead atoms. The summed E-state index contributed by atoms with van der Waals surface area (Å²) in [6, 6.07) is 0.622. The topological polar surface area (TPSA) is 12.0 Å². The van der Waals surface area contributed by atoms with Crippen LogP contribution >= 0.6 is 0 Å². The van der Waals surface area contributed by atoms with Crippen molar-refractivity contribution < 1.29 is 0 Å². The second-order valence-electron chi connectivity index (χ2n) is 5.08. The molecule has 0 radical (unpaired) electrons. The molecular formula is C14H27N. The highest BCUT2D eigenvalue weighted by Gasteiger charge is 2.08. The van der Waals surface area contributed by atoms with Gasteiger partial charge in [0.2, 0.25) is 0 Å². The van der Waals surface area contributed by atoms with Gasteiger partial charge in [-0.15, -0.1) is 0 Å². The molecule has 0 spiro atoms. The zero-order valence-corrected chi connectivity index (χ0v) is 10.5. The standard InChI is InChI=1S/C14H27N/c1-13(2)15-12-8-7-11-14-9-5-3-4-6-10-14/h7,11,13-15H,3-6,8-10,12H2,1-2H3/b11-7+. The van der Waals surface area contributed by atoms with Crippen molar-refractivity contribution in [2.24, 2.45) is 5.92 Å². The third-order valence-corrected chi connectivity index (χ3v) is 3.17. The lowest BCUT2D eigenvalue weighted by Gasteiger charge is -2.08. The first-order valence-electron chi connectivity index (χ1n) is 6.69. The van der Waals surface area contributed by atoms with Crippen LogP contribution in [0, 0.1) is 5.92 Å². The van der Waals surface area contributed by atoms with E-state index in [2.05, 4.69) is 31.3 Å². The van der Waals surface area contributed by atoms with Crippen LogP contribution in [0.25, 0.3) is 0 Å². The van der Waals surface area contributed by atoms with Crippen molar-refractivity contribution in [1.29, 1.82) is 0 Å². The lowest BCUT2D eigenvalue weighted by Crippen LogP contribution is -2.23. The Morgan fingerprint density at radius 3 is 2.40 bits per heavy atom. The highest BCUT2D eigenvalue weighted by molar-refractivity contribution is 4.89. The zero-order valence-electron chi connectivity index (χ0n) is 10.5. The van der Waals surface area contributed by atoms with Crippen LogP contribution in [0.3, 0.4) is 0 Å². The summed E-state index contributed by atoms with van der Waals surface area (Å²) in [7, 11) is 0. The molecule has 0 aromatic rings. The minimum absolute atomic E-state index is 0.622. The van der Waals surface area contributed by atoms with Gasteiger partial charge in [-0.25, -0.2) is 0 Å². The number of rotatable bonds is 5. The van der Waals surface area contributed by atoms with Crippen LogP contribution in [-0.2, 0) is 0 Å². The summed E-state index contributed by atoms with van der Waals surface area (Å²) in [5.74, 6) is 0.881. The van der Waals surface area contributed by atoms with Crippen LogP contribution < -0.4 is 5.32 Å². The predicted octanol–water partition coefficient (Wildman–Crippen LogP) is 3.90. The van der Waals surface area contributed by atoms with Gasteiger partial charge >= 0.3 is 0 Å². The van der Waals surface area contributed by atoms with Crippen molar-refractivity contribution in [3.8, 4) is 0 Å². The van der Waals surface area contributed by atoms with E-state index in [0.717, 1.165) is 12.5 Å². The lowest BCUT2D eigenvalue weighted by molar-refractivity contribution is 0.554. The van der Waals surface area contributed by atoms with Gasteiger partial charge in [0.1, 0.15) is 0 Å². The second kappa shape index (κ2) is 7.92. The summed E-state index contributed by atoms with van der Waals surface area (Å²) in [5.41, 5.74) is 0. The predicted molar refractivity (Wildman–Crippen MR) is 68.1 cm³/mol. The van der Waals surface area contributed by atoms with Crippen LogP contribution in [0.2, 0.25) is 0 Å². The molecule has 1 heteroatoms. The molecule has 1 saturated carbocycles. The SMILES string of the molecule is CC(C)NCC/C=C/C1CCCCCC1. The van der Waals surface area contributed by atoms with Crippen LogP contribution in [-0.4, -0.2) is 12.6 Å². The molecule has 0 saturated heterocycles. The molecule has 0 amide bonds. The Kier molecular flexibility index (Phi) is 6.74. The summed E-state index contributed by atoms with van der Waals surface area (Å²) in [4.78, 5) is 0. The molecule has 1 N–H and O–H groups in total. The van der Waals surface area contributed by atoms with E-state index in [1.54, 1.807) is 0 Å². The van der Waals surface area contributed by atoms with E-state index in [9.17, 15) is 0 Å². The van der Waals surface area contributed by atoms with E-state index in [0.29, 0.717) is 6.04 Å². The molecule has 15 heavy (non-hydrogen) atoms. The third-order valence-electron chi connectivity index (χ3n) is 3.17. The Labute approximate surface area is 95.3 Å². The van der Waals surface area contributed by atoms with Crippen LogP contribution in [0.1, 0.15) is 58.8 Å². The molecule has 1 rings (SSSR count). The van der Waals surface area contributed by atoms with Gasteiger partial charge < -0.3 is 5.32 Å². The molecule has 1 nitrogen and oxygen atoms in total. The summed E-state index contributed by atoms with van der Waals surface area (Å²) in [5, 5.41) is 3.44. The number of nitrogens with one attached hydrogen (secondary N) is 1. The molecule has 1 fully saturated rings. The smallest absolute Gasteiger partial charge is 0.00105 e. The van der Waals surface area contributed by atoms with Gasteiger partial charge in [-0.1, -0.05) is 51.7 Å². The average molecular weight is 209 g/mol. The normalized spacial score (nSPS) is 19.9. The van der Waals surface area contributed by atoms with E-state index < -0.39 is 0 Å². The number of hydrogen-bond donors (Lipinski definition) is 1. The Morgan fingerprint density at radius 1 is 1.13 bits per heavy atom. The maximum Gasteiger partial charge on any atom is 0.00105 e. The van der Waals surface area contributed by atoms with E-state index in [4.69, 9.17) is 0 Å². The van der Waals surface area contributed by atoms with Gasteiger partial charge in [-0.05, 0) is 31.7 Å². The molecule has 0 heterocycles. The van der Waals surface area contributed by atoms with E-state index >= 15 is 0 Å². The highest BCUT2D eigenvalue weighted by atomic mass is 14.9. The lowest BCUT2D eigenvalue weighted by atomic mass is 10.00. The van der Waals surface area contributed by atoms with Gasteiger partial charge in [-0.2, -0.15) is 0 Å². The van der Waals surface area contributed by atoms with Crippen LogP contribution in [0.15, 0.2) is 12.2 Å². The van der Waals surface area contributed by atoms with Gasteiger partial charge in [0.15, 0.2) is 0 Å². The Morgan fingerprint density at radius 2 is 1.80 bits per heavy atom. The van der Waals surface area contributed by atoms with Crippen molar-refractivity contribution in [3.05, 3.63) is 12.2 Å². The first-order chi connectivity index (χ1) is 7.29. The summed E-state index contributed by atoms with van der Waals surface area (Å²) in [6.45, 7) is 5.53. The fraction of sp³-hybridized carbons (Fsp3) is 0.857. The molecule has 0 aromatic heterocycles. The molecule has 0 unspecified atom stereocenters. The Balaban J connectivity index is 2.07. The van der Waals surface area contributed by atoms with Crippen molar-refractivity contribution >= 4 is 0 Å². The largest absolute Gasteiger partial charge is 0.314 e. The molecule has 0 aliphatic heterocycles. The van der Waals surface area contributed by atoms with Crippen molar-refractivity contribution in [1.82, 2.24) is 5.32 Å². The summed E-state index contributed by atoms with van der Waals surface area (Å²) in [6.07, 6.45) is 14.7. The maximum atomic E-state index is 3.44. The third kappa shape index (κ3) is 6.72. The Bertz CT molecular complexity index is 164. The van der Waals surface area contributed by atoms with Gasteiger partial charge in [0.05, 0.1) is 0 Å². The minimum Gasteiger partial charge on any atom is -0.314 e. The van der Waals surface area contributed by atoms with Crippen molar-refractivity contribution in [2.45, 2.75) is 64.8 Å². The number of allylic oxidation sites excluding steroid dienone is 1. The second-order valence-corrected chi connectivity index (χ2v) is 5.08. The first kappa shape index (κ1) is 12.8.